The summed E-state index contributed by atoms with van der Waals surface area (Å²) in [5.41, 5.74) is 0. The summed E-state index contributed by atoms with van der Waals surface area (Å²) in [6.45, 7) is 4.11. The van der Waals surface area contributed by atoms with Crippen molar-refractivity contribution < 1.29 is 42.1 Å². The van der Waals surface area contributed by atoms with E-state index in [9.17, 15) is 19.0 Å². The second-order valence-corrected chi connectivity index (χ2v) is 17.8. The maximum atomic E-state index is 12.7. The molecule has 0 aromatic heterocycles. The lowest BCUT2D eigenvalue weighted by molar-refractivity contribution is -0.870. The minimum atomic E-state index is -4.40. The Morgan fingerprint density at radius 1 is 0.500 bits per heavy atom. The van der Waals surface area contributed by atoms with Gasteiger partial charge in [0.15, 0.2) is 6.10 Å². The van der Waals surface area contributed by atoms with Gasteiger partial charge in [-0.3, -0.25) is 18.6 Å². The van der Waals surface area contributed by atoms with Gasteiger partial charge in [-0.05, 0) is 96.3 Å². The van der Waals surface area contributed by atoms with E-state index in [0.717, 1.165) is 96.3 Å². The monoisotopic (exact) mass is 885 g/mol. The maximum absolute atomic E-state index is 12.7. The molecule has 62 heavy (non-hydrogen) atoms. The van der Waals surface area contributed by atoms with Crippen LogP contribution in [0, 0.1) is 0 Å². The van der Waals surface area contributed by atoms with Crippen LogP contribution in [0.1, 0.15) is 155 Å². The zero-order chi connectivity index (χ0) is 45.7. The first-order valence-corrected chi connectivity index (χ1v) is 25.1. The Morgan fingerprint density at radius 2 is 0.871 bits per heavy atom. The number of carbonyl (C=O) groups is 2. The van der Waals surface area contributed by atoms with Crippen LogP contribution in [-0.2, 0) is 32.7 Å². The number of carbonyl (C=O) groups excluding carboxylic acids is 2. The Kier molecular flexibility index (Phi) is 40.6. The fourth-order valence-corrected chi connectivity index (χ4v) is 6.42. The number of hydrogen-bond acceptors (Lipinski definition) is 7. The summed E-state index contributed by atoms with van der Waals surface area (Å²) in [4.78, 5) is 35.5. The minimum absolute atomic E-state index is 0.0145. The molecule has 0 spiro atoms. The molecule has 0 fully saturated rings. The highest BCUT2D eigenvalue weighted by molar-refractivity contribution is 7.47. The van der Waals surface area contributed by atoms with Crippen molar-refractivity contribution in [2.45, 2.75) is 161 Å². The standard InChI is InChI=1S/C52H86NO8P/c1-6-8-10-12-14-16-18-20-22-24-25-26-27-29-31-33-35-37-39-41-43-45-52(55)61-50(49-60-62(56,57)59-47-46-53(3,4)5)48-58-51(54)44-42-40-38-36-34-32-30-28-23-21-19-17-15-13-11-9-7-2/h8-11,14-17,20-23,25-26,29,31,35,37,50H,6-7,12-13,18-19,24,27-28,30,32-34,36,38-49H2,1-5H3/p+1/b10-8-,11-9-,16-14-,17-15-,22-20-,23-21-,26-25-,31-29-,37-35-. The third-order valence-corrected chi connectivity index (χ3v) is 10.3. The van der Waals surface area contributed by atoms with E-state index >= 15 is 0 Å². The molecule has 0 aliphatic carbocycles. The summed E-state index contributed by atoms with van der Waals surface area (Å²) < 4.78 is 34.3. The van der Waals surface area contributed by atoms with Crippen LogP contribution in [0.2, 0.25) is 0 Å². The second-order valence-electron chi connectivity index (χ2n) is 16.4. The predicted octanol–water partition coefficient (Wildman–Crippen LogP) is 13.9. The van der Waals surface area contributed by atoms with Crippen LogP contribution < -0.4 is 0 Å². The molecule has 2 atom stereocenters. The maximum Gasteiger partial charge on any atom is 0.472 e. The summed E-state index contributed by atoms with van der Waals surface area (Å²) in [7, 11) is 1.42. The molecule has 0 aliphatic rings. The SMILES string of the molecule is CC/C=C\C/C=C\C/C=C\C/C=C\C/C=C\C/C=C\CCCCC(=O)OC(COC(=O)CCCCCCCCC/C=C\C/C=C\C/C=C\CC)COP(=O)(O)OCC[N+](C)(C)C. The molecular formula is C52H87NO8P+. The van der Waals surface area contributed by atoms with Gasteiger partial charge < -0.3 is 18.9 Å². The number of nitrogens with zero attached hydrogens (tertiary/aromatic N) is 1. The van der Waals surface area contributed by atoms with Crippen LogP contribution >= 0.6 is 7.82 Å². The molecule has 10 heteroatoms. The Morgan fingerprint density at radius 3 is 1.32 bits per heavy atom. The van der Waals surface area contributed by atoms with Crippen LogP contribution in [0.25, 0.3) is 0 Å². The number of phosphoric acid groups is 1. The van der Waals surface area contributed by atoms with Gasteiger partial charge in [-0.1, -0.05) is 155 Å². The van der Waals surface area contributed by atoms with Gasteiger partial charge in [-0.25, -0.2) is 4.57 Å². The summed E-state index contributed by atoms with van der Waals surface area (Å²) >= 11 is 0. The smallest absolute Gasteiger partial charge is 0.462 e. The molecule has 0 saturated heterocycles. The minimum Gasteiger partial charge on any atom is -0.462 e. The van der Waals surface area contributed by atoms with Crippen molar-refractivity contribution in [3.8, 4) is 0 Å². The summed E-state index contributed by atoms with van der Waals surface area (Å²) in [6, 6.07) is 0. The zero-order valence-electron chi connectivity index (χ0n) is 39.6. The number of allylic oxidation sites excluding steroid dienone is 18. The fraction of sp³-hybridized carbons (Fsp3) is 0.615. The number of hydrogen-bond donors (Lipinski definition) is 1. The molecule has 1 N–H and O–H groups in total. The summed E-state index contributed by atoms with van der Waals surface area (Å²) in [6.07, 6.45) is 58.5. The van der Waals surface area contributed by atoms with E-state index in [2.05, 4.69) is 123 Å². The van der Waals surface area contributed by atoms with Crippen molar-refractivity contribution in [2.75, 3.05) is 47.5 Å². The van der Waals surface area contributed by atoms with E-state index in [1.165, 1.54) is 19.3 Å². The van der Waals surface area contributed by atoms with Gasteiger partial charge in [0.25, 0.3) is 0 Å². The first-order chi connectivity index (χ1) is 30.0. The number of quaternary nitrogens is 1. The third kappa shape index (κ3) is 46.2. The van der Waals surface area contributed by atoms with E-state index in [1.54, 1.807) is 0 Å². The number of likely N-dealkylation sites (N-methyl/N-ethyl adjacent to an activating group) is 1. The molecule has 2 unspecified atom stereocenters. The number of unbranched alkanes of at least 4 members (excludes halogenated alkanes) is 9. The fourth-order valence-electron chi connectivity index (χ4n) is 5.68. The van der Waals surface area contributed by atoms with E-state index in [1.807, 2.05) is 21.1 Å². The van der Waals surface area contributed by atoms with Crippen LogP contribution in [0.4, 0.5) is 0 Å². The molecule has 0 amide bonds. The average molecular weight is 885 g/mol. The second kappa shape index (κ2) is 42.9. The van der Waals surface area contributed by atoms with E-state index in [-0.39, 0.29) is 26.1 Å². The lowest BCUT2D eigenvalue weighted by Gasteiger charge is -2.24. The van der Waals surface area contributed by atoms with Crippen LogP contribution in [-0.4, -0.2) is 74.9 Å². The molecule has 0 saturated carbocycles. The zero-order valence-corrected chi connectivity index (χ0v) is 40.4. The highest BCUT2D eigenvalue weighted by atomic mass is 31.2. The van der Waals surface area contributed by atoms with Gasteiger partial charge in [0.2, 0.25) is 0 Å². The largest absolute Gasteiger partial charge is 0.472 e. The van der Waals surface area contributed by atoms with E-state index in [4.69, 9.17) is 18.5 Å². The molecule has 0 heterocycles. The number of esters is 2. The Hall–Kier alpha value is -3.33. The van der Waals surface area contributed by atoms with E-state index in [0.29, 0.717) is 23.9 Å². The van der Waals surface area contributed by atoms with Crippen molar-refractivity contribution in [1.29, 1.82) is 0 Å². The predicted molar refractivity (Wildman–Crippen MR) is 261 cm³/mol. The van der Waals surface area contributed by atoms with E-state index < -0.39 is 32.5 Å². The first-order valence-electron chi connectivity index (χ1n) is 23.6. The summed E-state index contributed by atoms with van der Waals surface area (Å²) in [5.74, 6) is -0.872. The van der Waals surface area contributed by atoms with Crippen LogP contribution in [0.15, 0.2) is 109 Å². The lowest BCUT2D eigenvalue weighted by atomic mass is 10.1. The average Bonchev–Trinajstić information content (AvgIpc) is 3.23. The van der Waals surface area contributed by atoms with Crippen molar-refractivity contribution in [3.05, 3.63) is 109 Å². The van der Waals surface area contributed by atoms with Gasteiger partial charge in [0.05, 0.1) is 27.7 Å². The van der Waals surface area contributed by atoms with Gasteiger partial charge in [0, 0.05) is 12.8 Å². The summed E-state index contributed by atoms with van der Waals surface area (Å²) in [5, 5.41) is 0. The molecule has 0 radical (unpaired) electrons. The molecule has 0 aromatic carbocycles. The van der Waals surface area contributed by atoms with Crippen molar-refractivity contribution in [3.63, 3.8) is 0 Å². The molecule has 9 nitrogen and oxygen atoms in total. The lowest BCUT2D eigenvalue weighted by Crippen LogP contribution is -2.37. The topological polar surface area (TPSA) is 108 Å². The molecule has 0 rings (SSSR count). The molecule has 0 aromatic rings. The number of rotatable bonds is 41. The Balaban J connectivity index is 4.45. The van der Waals surface area contributed by atoms with Crippen molar-refractivity contribution in [2.24, 2.45) is 0 Å². The van der Waals surface area contributed by atoms with Gasteiger partial charge in [-0.15, -0.1) is 0 Å². The Labute approximate surface area is 378 Å². The van der Waals surface area contributed by atoms with Crippen molar-refractivity contribution in [1.82, 2.24) is 0 Å². The van der Waals surface area contributed by atoms with Gasteiger partial charge in [0.1, 0.15) is 19.8 Å². The number of ether oxygens (including phenoxy) is 2. The first kappa shape index (κ1) is 58.7. The van der Waals surface area contributed by atoms with Crippen molar-refractivity contribution >= 4 is 19.8 Å². The Bertz CT molecular complexity index is 1420. The van der Waals surface area contributed by atoms with Crippen LogP contribution in [0.3, 0.4) is 0 Å². The molecule has 352 valence electrons. The third-order valence-electron chi connectivity index (χ3n) is 9.30. The van der Waals surface area contributed by atoms with Gasteiger partial charge in [-0.2, -0.15) is 0 Å². The highest BCUT2D eigenvalue weighted by Gasteiger charge is 2.27. The molecular weight excluding hydrogens is 798 g/mol. The normalized spacial score (nSPS) is 14.5. The quantitative estimate of drug-likeness (QED) is 0.0213. The molecule has 0 aliphatic heterocycles. The van der Waals surface area contributed by atoms with Crippen LogP contribution in [0.5, 0.6) is 0 Å². The number of phosphoric ester groups is 1. The highest BCUT2D eigenvalue weighted by Crippen LogP contribution is 2.43. The molecule has 0 bridgehead atoms. The van der Waals surface area contributed by atoms with Gasteiger partial charge >= 0.3 is 19.8 Å².